The largest absolute Gasteiger partial charge is 0.497 e. The Kier molecular flexibility index (Phi) is 4.18. The maximum atomic E-state index is 9.49. The van der Waals surface area contributed by atoms with Crippen LogP contribution in [0.5, 0.6) is 5.75 Å². The van der Waals surface area contributed by atoms with Gasteiger partial charge in [-0.3, -0.25) is 0 Å². The van der Waals surface area contributed by atoms with Crippen molar-refractivity contribution in [1.82, 2.24) is 4.98 Å². The highest BCUT2D eigenvalue weighted by atomic mass is 16.5. The number of pyridine rings is 1. The standard InChI is InChI=1S/C18H19N3O2/c1-11-16(13-7-8-23-10-13)15(9-19)18(20)21-17(11)12-3-5-14(22-2)6-4-12/h3-6,13H,7-8,10H2,1-2H3,(H2,20,21). The summed E-state index contributed by atoms with van der Waals surface area (Å²) in [6.07, 6.45) is 0.904. The quantitative estimate of drug-likeness (QED) is 0.942. The normalized spacial score (nSPS) is 17.0. The lowest BCUT2D eigenvalue weighted by Gasteiger charge is -2.18. The average molecular weight is 309 g/mol. The monoisotopic (exact) mass is 309 g/mol. The maximum absolute atomic E-state index is 9.49. The van der Waals surface area contributed by atoms with E-state index in [-0.39, 0.29) is 11.7 Å². The van der Waals surface area contributed by atoms with E-state index in [4.69, 9.17) is 15.2 Å². The van der Waals surface area contributed by atoms with Crippen molar-refractivity contribution in [3.63, 3.8) is 0 Å². The number of aromatic nitrogens is 1. The third-order valence-corrected chi connectivity index (χ3v) is 4.33. The zero-order valence-electron chi connectivity index (χ0n) is 13.3. The molecule has 1 fully saturated rings. The Labute approximate surface area is 135 Å². The fraction of sp³-hybridized carbons (Fsp3) is 0.333. The Bertz CT molecular complexity index is 757. The molecule has 2 N–H and O–H groups in total. The molecule has 3 rings (SSSR count). The van der Waals surface area contributed by atoms with Crippen LogP contribution in [0.3, 0.4) is 0 Å². The van der Waals surface area contributed by atoms with Crippen LogP contribution >= 0.6 is 0 Å². The van der Waals surface area contributed by atoms with Gasteiger partial charge in [-0.2, -0.15) is 5.26 Å². The zero-order valence-corrected chi connectivity index (χ0v) is 13.3. The van der Waals surface area contributed by atoms with Crippen molar-refractivity contribution in [3.05, 3.63) is 41.0 Å². The molecule has 2 aromatic rings. The smallest absolute Gasteiger partial charge is 0.142 e. The van der Waals surface area contributed by atoms with E-state index >= 15 is 0 Å². The lowest BCUT2D eigenvalue weighted by Crippen LogP contribution is -2.10. The number of nitrogen functional groups attached to an aromatic ring is 1. The second kappa shape index (κ2) is 6.27. The number of nitriles is 1. The Morgan fingerprint density at radius 3 is 2.65 bits per heavy atom. The van der Waals surface area contributed by atoms with Gasteiger partial charge in [-0.1, -0.05) is 0 Å². The molecule has 0 radical (unpaired) electrons. The van der Waals surface area contributed by atoms with E-state index in [2.05, 4.69) is 11.1 Å². The van der Waals surface area contributed by atoms with E-state index in [1.165, 1.54) is 0 Å². The highest BCUT2D eigenvalue weighted by Crippen LogP contribution is 2.37. The summed E-state index contributed by atoms with van der Waals surface area (Å²) in [5.41, 5.74) is 10.3. The second-order valence-electron chi connectivity index (χ2n) is 5.66. The van der Waals surface area contributed by atoms with Crippen LogP contribution in [0.15, 0.2) is 24.3 Å². The Hall–Kier alpha value is -2.58. The summed E-state index contributed by atoms with van der Waals surface area (Å²) < 4.78 is 10.7. The van der Waals surface area contributed by atoms with Crippen molar-refractivity contribution in [2.45, 2.75) is 19.3 Å². The summed E-state index contributed by atoms with van der Waals surface area (Å²) in [7, 11) is 1.64. The van der Waals surface area contributed by atoms with Gasteiger partial charge in [-0.25, -0.2) is 4.98 Å². The molecule has 5 nitrogen and oxygen atoms in total. The van der Waals surface area contributed by atoms with E-state index < -0.39 is 0 Å². The predicted octanol–water partition coefficient (Wildman–Crippen LogP) is 3.02. The predicted molar refractivity (Wildman–Crippen MR) is 88.3 cm³/mol. The molecule has 1 aliphatic heterocycles. The van der Waals surface area contributed by atoms with Crippen molar-refractivity contribution in [1.29, 1.82) is 5.26 Å². The first-order chi connectivity index (χ1) is 11.2. The molecule has 1 saturated heterocycles. The molecule has 2 heterocycles. The van der Waals surface area contributed by atoms with Gasteiger partial charge in [0, 0.05) is 18.1 Å². The minimum Gasteiger partial charge on any atom is -0.497 e. The molecule has 0 spiro atoms. The number of hydrogen-bond acceptors (Lipinski definition) is 5. The molecule has 0 aliphatic carbocycles. The van der Waals surface area contributed by atoms with Gasteiger partial charge in [-0.15, -0.1) is 0 Å². The van der Waals surface area contributed by atoms with Gasteiger partial charge in [0.2, 0.25) is 0 Å². The Morgan fingerprint density at radius 2 is 2.09 bits per heavy atom. The van der Waals surface area contributed by atoms with Gasteiger partial charge in [0.15, 0.2) is 0 Å². The maximum Gasteiger partial charge on any atom is 0.142 e. The first-order valence-electron chi connectivity index (χ1n) is 7.58. The summed E-state index contributed by atoms with van der Waals surface area (Å²) in [6, 6.07) is 9.91. The van der Waals surface area contributed by atoms with E-state index in [1.54, 1.807) is 7.11 Å². The lowest BCUT2D eigenvalue weighted by molar-refractivity contribution is 0.194. The molecule has 1 aromatic heterocycles. The fourth-order valence-corrected chi connectivity index (χ4v) is 3.13. The summed E-state index contributed by atoms with van der Waals surface area (Å²) in [6.45, 7) is 3.34. The number of ether oxygens (including phenoxy) is 2. The molecule has 1 unspecified atom stereocenters. The van der Waals surface area contributed by atoms with Crippen LogP contribution in [0.4, 0.5) is 5.82 Å². The van der Waals surface area contributed by atoms with Crippen molar-refractivity contribution in [2.75, 3.05) is 26.1 Å². The minimum atomic E-state index is 0.201. The highest BCUT2D eigenvalue weighted by Gasteiger charge is 2.26. The van der Waals surface area contributed by atoms with Crippen molar-refractivity contribution >= 4 is 5.82 Å². The number of methoxy groups -OCH3 is 1. The second-order valence-corrected chi connectivity index (χ2v) is 5.66. The minimum absolute atomic E-state index is 0.201. The van der Waals surface area contributed by atoms with Crippen LogP contribution in [0.2, 0.25) is 0 Å². The molecule has 118 valence electrons. The SMILES string of the molecule is COc1ccc(-c2nc(N)c(C#N)c(C3CCOC3)c2C)cc1. The van der Waals surface area contributed by atoms with Crippen LogP contribution in [-0.4, -0.2) is 25.3 Å². The first kappa shape index (κ1) is 15.3. The number of hydrogen-bond donors (Lipinski definition) is 1. The van der Waals surface area contributed by atoms with Gasteiger partial charge >= 0.3 is 0 Å². The molecule has 0 saturated carbocycles. The molecule has 23 heavy (non-hydrogen) atoms. The zero-order chi connectivity index (χ0) is 16.4. The molecule has 0 amide bonds. The van der Waals surface area contributed by atoms with Crippen molar-refractivity contribution in [2.24, 2.45) is 0 Å². The topological polar surface area (TPSA) is 81.2 Å². The van der Waals surface area contributed by atoms with Gasteiger partial charge < -0.3 is 15.2 Å². The van der Waals surface area contributed by atoms with Crippen LogP contribution in [0.1, 0.15) is 29.0 Å². The summed E-state index contributed by atoms with van der Waals surface area (Å²) in [5, 5.41) is 9.49. The first-order valence-corrected chi connectivity index (χ1v) is 7.58. The number of nitrogens with zero attached hydrogens (tertiary/aromatic N) is 2. The summed E-state index contributed by atoms with van der Waals surface area (Å²) in [5.74, 6) is 1.27. The van der Waals surface area contributed by atoms with Crippen molar-refractivity contribution < 1.29 is 9.47 Å². The van der Waals surface area contributed by atoms with Gasteiger partial charge in [0.05, 0.1) is 25.0 Å². The third kappa shape index (κ3) is 2.73. The van der Waals surface area contributed by atoms with Crippen LogP contribution < -0.4 is 10.5 Å². The third-order valence-electron chi connectivity index (χ3n) is 4.33. The number of rotatable bonds is 3. The molecule has 0 bridgehead atoms. The van der Waals surface area contributed by atoms with Crippen LogP contribution in [0.25, 0.3) is 11.3 Å². The molecule has 5 heteroatoms. The van der Waals surface area contributed by atoms with E-state index in [0.717, 1.165) is 41.2 Å². The van der Waals surface area contributed by atoms with Gasteiger partial charge in [0.1, 0.15) is 17.6 Å². The van der Waals surface area contributed by atoms with Crippen LogP contribution in [-0.2, 0) is 4.74 Å². The average Bonchev–Trinajstić information content (AvgIpc) is 3.10. The Balaban J connectivity index is 2.15. The Morgan fingerprint density at radius 1 is 1.35 bits per heavy atom. The number of benzene rings is 1. The van der Waals surface area contributed by atoms with Gasteiger partial charge in [-0.05, 0) is 48.7 Å². The number of anilines is 1. The van der Waals surface area contributed by atoms with E-state index in [0.29, 0.717) is 12.2 Å². The summed E-state index contributed by atoms with van der Waals surface area (Å²) >= 11 is 0. The molecule has 1 aliphatic rings. The van der Waals surface area contributed by atoms with Crippen LogP contribution in [0, 0.1) is 18.3 Å². The molecule has 1 aromatic carbocycles. The fourth-order valence-electron chi connectivity index (χ4n) is 3.13. The van der Waals surface area contributed by atoms with E-state index in [1.807, 2.05) is 31.2 Å². The molecular weight excluding hydrogens is 290 g/mol. The van der Waals surface area contributed by atoms with E-state index in [9.17, 15) is 5.26 Å². The van der Waals surface area contributed by atoms with Gasteiger partial charge in [0.25, 0.3) is 0 Å². The highest BCUT2D eigenvalue weighted by molar-refractivity contribution is 5.71. The molecular formula is C18H19N3O2. The lowest BCUT2D eigenvalue weighted by atomic mass is 9.88. The number of nitrogens with two attached hydrogens (primary N) is 1. The molecule has 1 atom stereocenters. The van der Waals surface area contributed by atoms with Crippen molar-refractivity contribution in [3.8, 4) is 23.1 Å². The summed E-state index contributed by atoms with van der Waals surface area (Å²) in [4.78, 5) is 4.47.